The molecular formula is C29H34O14. The molecule has 5 N–H and O–H groups in total. The topological polar surface area (TPSA) is 192 Å². The highest BCUT2D eigenvalue weighted by Gasteiger charge is 2.53. The number of carbonyl (C=O) groups is 1. The Balaban J connectivity index is 1.46. The van der Waals surface area contributed by atoms with Crippen LogP contribution in [0.3, 0.4) is 0 Å². The summed E-state index contributed by atoms with van der Waals surface area (Å²) in [7, 11) is 2.72. The van der Waals surface area contributed by atoms with Gasteiger partial charge >= 0.3 is 5.97 Å². The number of benzene rings is 2. The highest BCUT2D eigenvalue weighted by Crippen LogP contribution is 2.55. The molecule has 1 aliphatic carbocycles. The van der Waals surface area contributed by atoms with E-state index in [0.717, 1.165) is 0 Å². The van der Waals surface area contributed by atoms with Crippen LogP contribution < -0.4 is 18.9 Å². The molecule has 2 fully saturated rings. The highest BCUT2D eigenvalue weighted by atomic mass is 16.8. The van der Waals surface area contributed by atoms with Crippen LogP contribution in [0.25, 0.3) is 0 Å². The number of phenolic OH excluding ortho intramolecular Hbond substituents is 1. The summed E-state index contributed by atoms with van der Waals surface area (Å²) in [5.41, 5.74) is 1.35. The van der Waals surface area contributed by atoms with Gasteiger partial charge < -0.3 is 63.4 Å². The number of rotatable bonds is 7. The number of fused-ring (bicyclic) bond motifs is 3. The SMILES string of the molecule is COc1cc([C@@H]2c3cc4c(cc3[C@@H](O[C@@H]3O[C@@H]5CO[C@@H](C)O[C@H]5[C@H](O)[C@@H]3O)[C@@H](CO)[C@H]2C(=O)O)OCO4)cc(OC)c1O. The largest absolute Gasteiger partial charge is 0.502 e. The third-order valence-corrected chi connectivity index (χ3v) is 8.55. The molecule has 6 rings (SSSR count). The lowest BCUT2D eigenvalue weighted by Gasteiger charge is -2.48. The molecule has 0 bridgehead atoms. The Morgan fingerprint density at radius 3 is 2.23 bits per heavy atom. The Kier molecular flexibility index (Phi) is 8.02. The zero-order valence-corrected chi connectivity index (χ0v) is 23.6. The van der Waals surface area contributed by atoms with E-state index < -0.39 is 73.4 Å². The fraction of sp³-hybridized carbons (Fsp3) is 0.552. The number of carboxylic acids is 1. The van der Waals surface area contributed by atoms with Gasteiger partial charge in [-0.3, -0.25) is 4.79 Å². The molecule has 14 nitrogen and oxygen atoms in total. The number of aliphatic carboxylic acids is 1. The third-order valence-electron chi connectivity index (χ3n) is 8.55. The number of aliphatic hydroxyl groups excluding tert-OH is 3. The number of hydrogen-bond acceptors (Lipinski definition) is 13. The van der Waals surface area contributed by atoms with Crippen molar-refractivity contribution >= 4 is 5.97 Å². The standard InChI is InChI=1S/C29H34O14/c1-11-38-9-20-27(41-11)24(32)25(33)29(42-20)43-26-14-7-17-16(39-10-40-17)6-13(14)21(22(28(34)35)15(26)8-30)12-4-18(36-2)23(31)19(5-12)37-3/h4-7,11,15,20-22,24-27,29-33H,8-10H2,1-3H3,(H,34,35)/t11-,15+,20-,21-,22-,24-,25+,26-,27-,29+/m1/s1. The van der Waals surface area contributed by atoms with Crippen LogP contribution in [0.2, 0.25) is 0 Å². The quantitative estimate of drug-likeness (QED) is 0.298. The van der Waals surface area contributed by atoms with E-state index in [1.54, 1.807) is 19.1 Å². The fourth-order valence-electron chi connectivity index (χ4n) is 6.49. The molecule has 0 aromatic heterocycles. The van der Waals surface area contributed by atoms with Crippen LogP contribution in [0.15, 0.2) is 24.3 Å². The van der Waals surface area contributed by atoms with Crippen molar-refractivity contribution in [2.24, 2.45) is 11.8 Å². The number of aromatic hydroxyl groups is 1. The molecule has 14 heteroatoms. The molecule has 3 aliphatic heterocycles. The van der Waals surface area contributed by atoms with E-state index in [2.05, 4.69) is 0 Å². The van der Waals surface area contributed by atoms with Crippen LogP contribution in [-0.4, -0.2) is 103 Å². The molecule has 0 amide bonds. The predicted octanol–water partition coefficient (Wildman–Crippen LogP) is 0.859. The molecule has 0 radical (unpaired) electrons. The van der Waals surface area contributed by atoms with E-state index in [1.807, 2.05) is 0 Å². The first kappa shape index (κ1) is 29.7. The van der Waals surface area contributed by atoms with Crippen LogP contribution in [0.5, 0.6) is 28.7 Å². The van der Waals surface area contributed by atoms with E-state index in [0.29, 0.717) is 28.2 Å². The number of ether oxygens (including phenoxy) is 8. The Labute approximate surface area is 246 Å². The van der Waals surface area contributed by atoms with Gasteiger partial charge in [0.2, 0.25) is 12.5 Å². The van der Waals surface area contributed by atoms with Gasteiger partial charge in [-0.1, -0.05) is 0 Å². The molecule has 4 aliphatic rings. The van der Waals surface area contributed by atoms with Crippen molar-refractivity contribution in [1.29, 1.82) is 0 Å². The van der Waals surface area contributed by atoms with Gasteiger partial charge in [0.15, 0.2) is 35.6 Å². The second-order valence-corrected chi connectivity index (χ2v) is 10.9. The van der Waals surface area contributed by atoms with Crippen molar-refractivity contribution < 1.29 is 68.2 Å². The molecule has 2 aromatic carbocycles. The second kappa shape index (κ2) is 11.6. The lowest BCUT2D eigenvalue weighted by atomic mass is 9.65. The molecule has 2 aromatic rings. The molecule has 0 saturated carbocycles. The lowest BCUT2D eigenvalue weighted by Crippen LogP contribution is -2.63. The van der Waals surface area contributed by atoms with Crippen molar-refractivity contribution in [3.05, 3.63) is 41.0 Å². The maximum atomic E-state index is 13.0. The number of carboxylic acid groups (broad SMARTS) is 1. The van der Waals surface area contributed by atoms with Gasteiger partial charge in [-0.2, -0.15) is 0 Å². The van der Waals surface area contributed by atoms with Gasteiger partial charge in [0, 0.05) is 18.4 Å². The molecular weight excluding hydrogens is 572 g/mol. The minimum absolute atomic E-state index is 0.0564. The summed E-state index contributed by atoms with van der Waals surface area (Å²) in [6.45, 7) is 1.05. The van der Waals surface area contributed by atoms with Gasteiger partial charge in [-0.15, -0.1) is 0 Å². The summed E-state index contributed by atoms with van der Waals surface area (Å²) in [6.07, 6.45) is -7.75. The molecule has 0 spiro atoms. The van der Waals surface area contributed by atoms with E-state index in [9.17, 15) is 30.3 Å². The summed E-state index contributed by atoms with van der Waals surface area (Å²) >= 11 is 0. The van der Waals surface area contributed by atoms with E-state index in [-0.39, 0.29) is 30.6 Å². The van der Waals surface area contributed by atoms with Crippen LogP contribution in [0.1, 0.15) is 35.6 Å². The van der Waals surface area contributed by atoms with Crippen LogP contribution in [-0.2, 0) is 23.7 Å². The predicted molar refractivity (Wildman–Crippen MR) is 142 cm³/mol. The van der Waals surface area contributed by atoms with Crippen LogP contribution in [0.4, 0.5) is 0 Å². The average molecular weight is 607 g/mol. The first-order valence-electron chi connectivity index (χ1n) is 13.8. The van der Waals surface area contributed by atoms with E-state index >= 15 is 0 Å². The molecule has 0 unspecified atom stereocenters. The van der Waals surface area contributed by atoms with Crippen molar-refractivity contribution in [2.75, 3.05) is 34.2 Å². The summed E-state index contributed by atoms with van der Waals surface area (Å²) in [5.74, 6) is -3.88. The minimum atomic E-state index is -1.56. The molecule has 3 heterocycles. The molecule has 234 valence electrons. The van der Waals surface area contributed by atoms with Gasteiger partial charge in [0.25, 0.3) is 0 Å². The first-order chi connectivity index (χ1) is 20.7. The Hall–Kier alpha value is -3.37. The molecule has 10 atom stereocenters. The first-order valence-corrected chi connectivity index (χ1v) is 13.8. The normalized spacial score (nSPS) is 34.7. The molecule has 2 saturated heterocycles. The summed E-state index contributed by atoms with van der Waals surface area (Å²) in [6, 6.07) is 6.32. The monoisotopic (exact) mass is 606 g/mol. The Morgan fingerprint density at radius 1 is 0.977 bits per heavy atom. The van der Waals surface area contributed by atoms with Crippen molar-refractivity contribution in [1.82, 2.24) is 0 Å². The van der Waals surface area contributed by atoms with Crippen molar-refractivity contribution in [2.45, 2.75) is 55.9 Å². The van der Waals surface area contributed by atoms with E-state index in [4.69, 9.17) is 37.9 Å². The highest BCUT2D eigenvalue weighted by molar-refractivity contribution is 5.75. The zero-order chi connectivity index (χ0) is 30.6. The summed E-state index contributed by atoms with van der Waals surface area (Å²) in [4.78, 5) is 13.0. The fourth-order valence-corrected chi connectivity index (χ4v) is 6.49. The Morgan fingerprint density at radius 2 is 1.63 bits per heavy atom. The number of methoxy groups -OCH3 is 2. The third kappa shape index (κ3) is 5.02. The van der Waals surface area contributed by atoms with Gasteiger partial charge in [-0.05, 0) is 47.9 Å². The van der Waals surface area contributed by atoms with Gasteiger partial charge in [-0.25, -0.2) is 0 Å². The number of phenols is 1. The van der Waals surface area contributed by atoms with Gasteiger partial charge in [0.05, 0.1) is 32.8 Å². The number of hydrogen-bond donors (Lipinski definition) is 5. The smallest absolute Gasteiger partial charge is 0.307 e. The lowest BCUT2D eigenvalue weighted by molar-refractivity contribution is -0.365. The van der Waals surface area contributed by atoms with Crippen molar-refractivity contribution in [3.8, 4) is 28.7 Å². The number of aliphatic hydroxyl groups is 3. The average Bonchev–Trinajstić information content (AvgIpc) is 3.46. The van der Waals surface area contributed by atoms with E-state index in [1.165, 1.54) is 26.4 Å². The molecule has 43 heavy (non-hydrogen) atoms. The summed E-state index contributed by atoms with van der Waals surface area (Å²) < 4.78 is 45.3. The maximum absolute atomic E-state index is 13.0. The zero-order valence-electron chi connectivity index (χ0n) is 23.6. The van der Waals surface area contributed by atoms with Crippen molar-refractivity contribution in [3.63, 3.8) is 0 Å². The summed E-state index contributed by atoms with van der Waals surface area (Å²) in [5, 5.41) is 53.7. The van der Waals surface area contributed by atoms with Crippen LogP contribution in [0, 0.1) is 11.8 Å². The van der Waals surface area contributed by atoms with Crippen LogP contribution >= 0.6 is 0 Å². The Bertz CT molecular complexity index is 1340. The van der Waals surface area contributed by atoms with Gasteiger partial charge in [0.1, 0.15) is 24.4 Å². The maximum Gasteiger partial charge on any atom is 0.307 e. The second-order valence-electron chi connectivity index (χ2n) is 10.9. The minimum Gasteiger partial charge on any atom is -0.502 e.